The minimum absolute atomic E-state index is 0.408. The van der Waals surface area contributed by atoms with E-state index >= 15 is 0 Å². The van der Waals surface area contributed by atoms with Crippen LogP contribution in [0.15, 0.2) is 6.20 Å². The molecule has 1 aliphatic rings. The molecule has 5 heteroatoms. The van der Waals surface area contributed by atoms with Crippen LogP contribution in [-0.4, -0.2) is 21.0 Å². The quantitative estimate of drug-likeness (QED) is 0.663. The van der Waals surface area contributed by atoms with E-state index in [1.165, 1.54) is 0 Å². The van der Waals surface area contributed by atoms with Crippen LogP contribution in [-0.2, 0) is 11.2 Å². The normalized spacial score (nSPS) is 19.8. The summed E-state index contributed by atoms with van der Waals surface area (Å²) in [6, 6.07) is 0. The van der Waals surface area contributed by atoms with Crippen molar-refractivity contribution in [2.75, 3.05) is 0 Å². The zero-order chi connectivity index (χ0) is 9.42. The van der Waals surface area contributed by atoms with Crippen molar-refractivity contribution >= 4 is 18.2 Å². The third kappa shape index (κ3) is 1.35. The number of carboxylic acid groups (broad SMARTS) is 1. The van der Waals surface area contributed by atoms with E-state index in [1.807, 2.05) is 0 Å². The molecule has 0 aromatic carbocycles. The van der Waals surface area contributed by atoms with Crippen LogP contribution in [0.25, 0.3) is 0 Å². The minimum atomic E-state index is -0.786. The van der Waals surface area contributed by atoms with Crippen LogP contribution >= 0.6 is 12.2 Å². The van der Waals surface area contributed by atoms with Gasteiger partial charge < -0.3 is 10.1 Å². The fourth-order valence-electron chi connectivity index (χ4n) is 1.65. The summed E-state index contributed by atoms with van der Waals surface area (Å²) in [6.07, 6.45) is 2.96. The Balaban J connectivity index is 2.49. The Labute approximate surface area is 79.6 Å². The number of hydrogen-bond acceptors (Lipinski definition) is 3. The molecule has 2 rings (SSSR count). The molecule has 68 valence electrons. The first-order valence-corrected chi connectivity index (χ1v) is 4.40. The van der Waals surface area contributed by atoms with Gasteiger partial charge in [0.05, 0.1) is 5.92 Å². The second-order valence-corrected chi connectivity index (χ2v) is 3.44. The molecule has 4 nitrogen and oxygen atoms in total. The molecule has 1 atom stereocenters. The van der Waals surface area contributed by atoms with Gasteiger partial charge in [-0.2, -0.15) is 0 Å². The van der Waals surface area contributed by atoms with Crippen molar-refractivity contribution in [2.24, 2.45) is 0 Å². The monoisotopic (exact) mass is 196 g/mol. The van der Waals surface area contributed by atoms with Crippen LogP contribution in [0.2, 0.25) is 0 Å². The third-order valence-corrected chi connectivity index (χ3v) is 2.49. The first kappa shape index (κ1) is 8.37. The Morgan fingerprint density at radius 2 is 2.54 bits per heavy atom. The van der Waals surface area contributed by atoms with E-state index in [0.717, 1.165) is 17.7 Å². The lowest BCUT2D eigenvalue weighted by Crippen LogP contribution is -2.08. The number of aromatic nitrogens is 2. The number of rotatable bonds is 1. The zero-order valence-corrected chi connectivity index (χ0v) is 7.60. The molecule has 0 bridgehead atoms. The van der Waals surface area contributed by atoms with Crippen LogP contribution in [0, 0.1) is 4.77 Å². The molecule has 0 spiro atoms. The Hall–Kier alpha value is -1.23. The van der Waals surface area contributed by atoms with Gasteiger partial charge in [-0.15, -0.1) is 0 Å². The molecule has 0 aliphatic heterocycles. The lowest BCUT2D eigenvalue weighted by molar-refractivity contribution is -0.138. The smallest absolute Gasteiger partial charge is 0.311 e. The van der Waals surface area contributed by atoms with Gasteiger partial charge in [-0.1, -0.05) is 0 Å². The number of aromatic amines is 1. The van der Waals surface area contributed by atoms with E-state index in [-0.39, 0.29) is 0 Å². The van der Waals surface area contributed by atoms with Crippen LogP contribution in [0.5, 0.6) is 0 Å². The Morgan fingerprint density at radius 3 is 3.23 bits per heavy atom. The van der Waals surface area contributed by atoms with Gasteiger partial charge in [0.2, 0.25) is 0 Å². The summed E-state index contributed by atoms with van der Waals surface area (Å²) in [5, 5.41) is 8.86. The Bertz CT molecular complexity index is 413. The molecule has 1 heterocycles. The highest BCUT2D eigenvalue weighted by Crippen LogP contribution is 2.30. The summed E-state index contributed by atoms with van der Waals surface area (Å²) < 4.78 is 0.421. The highest BCUT2D eigenvalue weighted by atomic mass is 32.1. The third-order valence-electron chi connectivity index (χ3n) is 2.28. The molecule has 1 aromatic rings. The van der Waals surface area contributed by atoms with Crippen LogP contribution < -0.4 is 0 Å². The first-order valence-electron chi connectivity index (χ1n) is 3.99. The summed E-state index contributed by atoms with van der Waals surface area (Å²) in [7, 11) is 0. The van der Waals surface area contributed by atoms with E-state index in [9.17, 15) is 4.79 Å². The number of hydrogen-bond donors (Lipinski definition) is 2. The van der Waals surface area contributed by atoms with Crippen molar-refractivity contribution in [3.05, 3.63) is 22.2 Å². The van der Waals surface area contributed by atoms with Crippen molar-refractivity contribution in [3.63, 3.8) is 0 Å². The Kier molecular flexibility index (Phi) is 1.88. The SMILES string of the molecule is O=C(O)C1CCc2[nH]c(=S)ncc21. The molecule has 0 radical (unpaired) electrons. The van der Waals surface area contributed by atoms with Gasteiger partial charge in [0.15, 0.2) is 4.77 Å². The number of carboxylic acids is 1. The van der Waals surface area contributed by atoms with Crippen molar-refractivity contribution in [3.8, 4) is 0 Å². The molecule has 0 fully saturated rings. The number of carbonyl (C=O) groups is 1. The maximum Gasteiger partial charge on any atom is 0.311 e. The van der Waals surface area contributed by atoms with Crippen molar-refractivity contribution in [1.29, 1.82) is 0 Å². The van der Waals surface area contributed by atoms with Gasteiger partial charge in [0, 0.05) is 17.5 Å². The number of aryl methyl sites for hydroxylation is 1. The molecular weight excluding hydrogens is 188 g/mol. The molecule has 1 unspecified atom stereocenters. The summed E-state index contributed by atoms with van der Waals surface area (Å²) in [4.78, 5) is 17.6. The van der Waals surface area contributed by atoms with Gasteiger partial charge in [-0.05, 0) is 25.1 Å². The summed E-state index contributed by atoms with van der Waals surface area (Å²) in [5.74, 6) is -1.19. The Morgan fingerprint density at radius 1 is 1.77 bits per heavy atom. The predicted octanol–water partition coefficient (Wildman–Crippen LogP) is 1.25. The van der Waals surface area contributed by atoms with Crippen LogP contribution in [0.1, 0.15) is 23.6 Å². The zero-order valence-electron chi connectivity index (χ0n) is 6.78. The fraction of sp³-hybridized carbons (Fsp3) is 0.375. The molecule has 0 saturated carbocycles. The fourth-order valence-corrected chi connectivity index (χ4v) is 1.82. The highest BCUT2D eigenvalue weighted by Gasteiger charge is 2.28. The van der Waals surface area contributed by atoms with Gasteiger partial charge in [-0.25, -0.2) is 4.98 Å². The minimum Gasteiger partial charge on any atom is -0.481 e. The number of H-pyrrole nitrogens is 1. The van der Waals surface area contributed by atoms with E-state index in [4.69, 9.17) is 17.3 Å². The lowest BCUT2D eigenvalue weighted by Gasteiger charge is -2.03. The topological polar surface area (TPSA) is 66.0 Å². The summed E-state index contributed by atoms with van der Waals surface area (Å²) in [5.41, 5.74) is 1.70. The molecule has 1 aliphatic carbocycles. The number of aliphatic carboxylic acids is 1. The van der Waals surface area contributed by atoms with Crippen molar-refractivity contribution < 1.29 is 9.90 Å². The van der Waals surface area contributed by atoms with E-state index in [1.54, 1.807) is 6.20 Å². The lowest BCUT2D eigenvalue weighted by atomic mass is 10.1. The second kappa shape index (κ2) is 2.92. The molecule has 2 N–H and O–H groups in total. The van der Waals surface area contributed by atoms with Gasteiger partial charge in [0.25, 0.3) is 0 Å². The largest absolute Gasteiger partial charge is 0.481 e. The number of nitrogens with one attached hydrogen (secondary N) is 1. The maximum atomic E-state index is 10.8. The first-order chi connectivity index (χ1) is 6.18. The van der Waals surface area contributed by atoms with E-state index < -0.39 is 11.9 Å². The van der Waals surface area contributed by atoms with Gasteiger partial charge in [0.1, 0.15) is 0 Å². The average molecular weight is 196 g/mol. The average Bonchev–Trinajstić information content (AvgIpc) is 2.46. The molecular formula is C8H8N2O2S. The van der Waals surface area contributed by atoms with E-state index in [0.29, 0.717) is 11.2 Å². The standard InChI is InChI=1S/C8H8N2O2S/c11-7(12)4-1-2-6-5(4)3-9-8(13)10-6/h3-4H,1-2H2,(H,11,12)(H,9,10,13). The number of fused-ring (bicyclic) bond motifs is 1. The maximum absolute atomic E-state index is 10.8. The highest BCUT2D eigenvalue weighted by molar-refractivity contribution is 7.71. The molecule has 13 heavy (non-hydrogen) atoms. The van der Waals surface area contributed by atoms with Crippen LogP contribution in [0.3, 0.4) is 0 Å². The predicted molar refractivity (Wildman–Crippen MR) is 48.1 cm³/mol. The van der Waals surface area contributed by atoms with Crippen molar-refractivity contribution in [2.45, 2.75) is 18.8 Å². The molecule has 0 amide bonds. The van der Waals surface area contributed by atoms with Gasteiger partial charge in [-0.3, -0.25) is 4.79 Å². The van der Waals surface area contributed by atoms with Gasteiger partial charge >= 0.3 is 5.97 Å². The second-order valence-electron chi connectivity index (χ2n) is 3.05. The summed E-state index contributed by atoms with van der Waals surface area (Å²) >= 11 is 4.84. The van der Waals surface area contributed by atoms with Crippen LogP contribution in [0.4, 0.5) is 0 Å². The molecule has 1 aromatic heterocycles. The molecule has 0 saturated heterocycles. The number of nitrogens with zero attached hydrogens (tertiary/aromatic N) is 1. The van der Waals surface area contributed by atoms with E-state index in [2.05, 4.69) is 9.97 Å². The summed E-state index contributed by atoms with van der Waals surface area (Å²) in [6.45, 7) is 0. The van der Waals surface area contributed by atoms with Crippen molar-refractivity contribution in [1.82, 2.24) is 9.97 Å².